The summed E-state index contributed by atoms with van der Waals surface area (Å²) in [5.74, 6) is 1.25. The normalized spacial score (nSPS) is 17.3. The zero-order valence-corrected chi connectivity index (χ0v) is 12.2. The van der Waals surface area contributed by atoms with E-state index in [-0.39, 0.29) is 11.5 Å². The molecule has 4 N–H and O–H groups in total. The minimum absolute atomic E-state index is 0.0603. The van der Waals surface area contributed by atoms with E-state index in [9.17, 15) is 0 Å². The highest BCUT2D eigenvalue weighted by Crippen LogP contribution is 2.37. The average Bonchev–Trinajstić information content (AvgIpc) is 2.37. The van der Waals surface area contributed by atoms with Crippen LogP contribution < -0.4 is 11.5 Å². The molecule has 0 saturated heterocycles. The molecule has 0 bridgehead atoms. The van der Waals surface area contributed by atoms with Crippen molar-refractivity contribution in [3.05, 3.63) is 29.3 Å². The highest BCUT2D eigenvalue weighted by molar-refractivity contribution is 7.99. The summed E-state index contributed by atoms with van der Waals surface area (Å²) in [5.41, 5.74) is 14.9. The second kappa shape index (κ2) is 5.64. The van der Waals surface area contributed by atoms with Gasteiger partial charge < -0.3 is 11.5 Å². The first-order chi connectivity index (χ1) is 8.54. The number of hydrogen-bond acceptors (Lipinski definition) is 3. The summed E-state index contributed by atoms with van der Waals surface area (Å²) >= 11 is 1.97. The third-order valence-electron chi connectivity index (χ3n) is 3.92. The lowest BCUT2D eigenvalue weighted by atomic mass is 9.78. The van der Waals surface area contributed by atoms with Crippen LogP contribution in [0.5, 0.6) is 0 Å². The largest absolute Gasteiger partial charge is 0.330 e. The van der Waals surface area contributed by atoms with Crippen molar-refractivity contribution in [2.24, 2.45) is 16.9 Å². The van der Waals surface area contributed by atoms with Crippen molar-refractivity contribution in [2.75, 3.05) is 12.3 Å². The summed E-state index contributed by atoms with van der Waals surface area (Å²) in [5, 5.41) is 0. The minimum Gasteiger partial charge on any atom is -0.330 e. The van der Waals surface area contributed by atoms with Crippen LogP contribution in [-0.4, -0.2) is 12.3 Å². The fraction of sp³-hybridized carbons (Fsp3) is 0.600. The van der Waals surface area contributed by atoms with E-state index in [1.165, 1.54) is 34.6 Å². The molecule has 1 aliphatic heterocycles. The predicted molar refractivity (Wildman–Crippen MR) is 79.9 cm³/mol. The molecule has 3 heteroatoms. The number of benzene rings is 1. The molecule has 1 unspecified atom stereocenters. The summed E-state index contributed by atoms with van der Waals surface area (Å²) in [4.78, 5) is 1.44. The molecule has 0 radical (unpaired) electrons. The van der Waals surface area contributed by atoms with Gasteiger partial charge in [0.2, 0.25) is 0 Å². The quantitative estimate of drug-likeness (QED) is 0.878. The molecule has 1 aromatic carbocycles. The van der Waals surface area contributed by atoms with Crippen LogP contribution in [0.2, 0.25) is 0 Å². The molecule has 2 nitrogen and oxygen atoms in total. The van der Waals surface area contributed by atoms with Crippen LogP contribution in [0.3, 0.4) is 0 Å². The predicted octanol–water partition coefficient (Wildman–Crippen LogP) is 3.10. The summed E-state index contributed by atoms with van der Waals surface area (Å²) in [6.45, 7) is 5.11. The highest BCUT2D eigenvalue weighted by Gasteiger charge is 2.27. The Bertz CT molecular complexity index is 415. The number of aryl methyl sites for hydroxylation is 1. The van der Waals surface area contributed by atoms with E-state index in [0.717, 1.165) is 6.42 Å². The fourth-order valence-corrected chi connectivity index (χ4v) is 3.57. The average molecular weight is 264 g/mol. The topological polar surface area (TPSA) is 52.0 Å². The van der Waals surface area contributed by atoms with Crippen LogP contribution in [0.1, 0.15) is 43.9 Å². The maximum Gasteiger partial charge on any atom is 0.0347 e. The maximum absolute atomic E-state index is 6.43. The van der Waals surface area contributed by atoms with Crippen molar-refractivity contribution in [1.29, 1.82) is 0 Å². The van der Waals surface area contributed by atoms with Gasteiger partial charge in [-0.15, -0.1) is 11.8 Å². The molecular weight excluding hydrogens is 240 g/mol. The van der Waals surface area contributed by atoms with Gasteiger partial charge in [-0.2, -0.15) is 0 Å². The van der Waals surface area contributed by atoms with Gasteiger partial charge in [0, 0.05) is 10.9 Å². The van der Waals surface area contributed by atoms with Crippen LogP contribution >= 0.6 is 11.8 Å². The van der Waals surface area contributed by atoms with E-state index >= 15 is 0 Å². The molecule has 0 fully saturated rings. The first kappa shape index (κ1) is 13.9. The monoisotopic (exact) mass is 264 g/mol. The van der Waals surface area contributed by atoms with Gasteiger partial charge in [-0.05, 0) is 54.2 Å². The SMILES string of the molecule is CC(C)(CCN)C(N)c1ccc2c(c1)CCCS2. The van der Waals surface area contributed by atoms with E-state index in [4.69, 9.17) is 11.5 Å². The zero-order valence-electron chi connectivity index (χ0n) is 11.4. The van der Waals surface area contributed by atoms with Gasteiger partial charge in [0.05, 0.1) is 0 Å². The van der Waals surface area contributed by atoms with E-state index in [1.807, 2.05) is 11.8 Å². The lowest BCUT2D eigenvalue weighted by molar-refractivity contribution is 0.271. The lowest BCUT2D eigenvalue weighted by Gasteiger charge is -2.32. The van der Waals surface area contributed by atoms with Gasteiger partial charge in [-0.25, -0.2) is 0 Å². The Balaban J connectivity index is 2.23. The van der Waals surface area contributed by atoms with Gasteiger partial charge in [0.15, 0.2) is 0 Å². The van der Waals surface area contributed by atoms with Gasteiger partial charge in [-0.1, -0.05) is 26.0 Å². The smallest absolute Gasteiger partial charge is 0.0347 e. The summed E-state index contributed by atoms with van der Waals surface area (Å²) in [6.07, 6.45) is 3.43. The summed E-state index contributed by atoms with van der Waals surface area (Å²) in [6, 6.07) is 6.82. The Morgan fingerprint density at radius 2 is 2.17 bits per heavy atom. The molecule has 0 amide bonds. The van der Waals surface area contributed by atoms with E-state index < -0.39 is 0 Å². The summed E-state index contributed by atoms with van der Waals surface area (Å²) < 4.78 is 0. The number of fused-ring (bicyclic) bond motifs is 1. The third kappa shape index (κ3) is 2.90. The molecule has 0 saturated carbocycles. The number of thioether (sulfide) groups is 1. The molecule has 1 heterocycles. The molecule has 100 valence electrons. The van der Waals surface area contributed by atoms with Crippen LogP contribution in [0, 0.1) is 5.41 Å². The molecule has 1 aliphatic rings. The molecule has 0 aliphatic carbocycles. The first-order valence-electron chi connectivity index (χ1n) is 6.76. The first-order valence-corrected chi connectivity index (χ1v) is 7.74. The van der Waals surface area contributed by atoms with Crippen LogP contribution in [0.15, 0.2) is 23.1 Å². The summed E-state index contributed by atoms with van der Waals surface area (Å²) in [7, 11) is 0. The maximum atomic E-state index is 6.43. The Labute approximate surface area is 115 Å². The molecular formula is C15H24N2S. The lowest BCUT2D eigenvalue weighted by Crippen LogP contribution is -2.31. The van der Waals surface area contributed by atoms with Crippen molar-refractivity contribution in [3.63, 3.8) is 0 Å². The zero-order chi connectivity index (χ0) is 13.2. The second-order valence-corrected chi connectivity index (χ2v) is 6.96. The highest BCUT2D eigenvalue weighted by atomic mass is 32.2. The van der Waals surface area contributed by atoms with Crippen LogP contribution in [0.25, 0.3) is 0 Å². The fourth-order valence-electron chi connectivity index (χ4n) is 2.55. The van der Waals surface area contributed by atoms with Gasteiger partial charge in [0.25, 0.3) is 0 Å². The standard InChI is InChI=1S/C15H24N2S/c1-15(2,7-8-16)14(17)12-5-6-13-11(10-12)4-3-9-18-13/h5-6,10,14H,3-4,7-9,16-17H2,1-2H3. The minimum atomic E-state index is 0.0603. The molecule has 1 aromatic rings. The Hall–Kier alpha value is -0.510. The van der Waals surface area contributed by atoms with Crippen LogP contribution in [-0.2, 0) is 6.42 Å². The van der Waals surface area contributed by atoms with Crippen molar-refractivity contribution in [2.45, 2.75) is 44.0 Å². The van der Waals surface area contributed by atoms with E-state index in [0.29, 0.717) is 6.54 Å². The molecule has 2 rings (SSSR count). The number of rotatable bonds is 4. The molecule has 0 aromatic heterocycles. The second-order valence-electron chi connectivity index (χ2n) is 5.82. The Kier molecular flexibility index (Phi) is 4.36. The Morgan fingerprint density at radius 3 is 2.89 bits per heavy atom. The molecule has 18 heavy (non-hydrogen) atoms. The Morgan fingerprint density at radius 1 is 1.39 bits per heavy atom. The number of hydrogen-bond donors (Lipinski definition) is 2. The van der Waals surface area contributed by atoms with Crippen molar-refractivity contribution in [3.8, 4) is 0 Å². The van der Waals surface area contributed by atoms with Crippen molar-refractivity contribution >= 4 is 11.8 Å². The van der Waals surface area contributed by atoms with Crippen LogP contribution in [0.4, 0.5) is 0 Å². The van der Waals surface area contributed by atoms with Crippen molar-refractivity contribution < 1.29 is 0 Å². The third-order valence-corrected chi connectivity index (χ3v) is 5.12. The van der Waals surface area contributed by atoms with Crippen molar-refractivity contribution in [1.82, 2.24) is 0 Å². The van der Waals surface area contributed by atoms with Gasteiger partial charge in [0.1, 0.15) is 0 Å². The van der Waals surface area contributed by atoms with Gasteiger partial charge >= 0.3 is 0 Å². The molecule has 1 atom stereocenters. The van der Waals surface area contributed by atoms with Gasteiger partial charge in [-0.3, -0.25) is 0 Å². The number of nitrogens with two attached hydrogens (primary N) is 2. The van der Waals surface area contributed by atoms with E-state index in [2.05, 4.69) is 32.0 Å². The molecule has 0 spiro atoms. The van der Waals surface area contributed by atoms with E-state index in [1.54, 1.807) is 0 Å².